The maximum Gasteiger partial charge on any atom is 0.416 e. The fraction of sp³-hybridized carbons (Fsp3) is 0.357. The zero-order valence-electron chi connectivity index (χ0n) is 21.4. The van der Waals surface area contributed by atoms with Crippen LogP contribution in [0.25, 0.3) is 0 Å². The molecule has 1 saturated carbocycles. The van der Waals surface area contributed by atoms with E-state index in [4.69, 9.17) is 4.74 Å². The molecule has 1 unspecified atom stereocenters. The fourth-order valence-corrected chi connectivity index (χ4v) is 4.28. The van der Waals surface area contributed by atoms with E-state index in [0.29, 0.717) is 23.0 Å². The molecule has 200 valence electrons. The Morgan fingerprint density at radius 1 is 1.24 bits per heavy atom. The second kappa shape index (κ2) is 11.2. The smallest absolute Gasteiger partial charge is 0.416 e. The molecule has 2 aromatic rings. The number of rotatable bonds is 6. The molecule has 1 atom stereocenters. The molecule has 2 aliphatic rings. The third-order valence-electron chi connectivity index (χ3n) is 6.71. The number of alkyl halides is 3. The molecular formula is C28H29F3N4O3. The quantitative estimate of drug-likeness (QED) is 0.291. The van der Waals surface area contributed by atoms with Crippen molar-refractivity contribution in [2.75, 3.05) is 7.05 Å². The Hall–Kier alpha value is -3.95. The summed E-state index contributed by atoms with van der Waals surface area (Å²) in [5.74, 6) is -0.754. The number of carboxylic acid groups (broad SMARTS) is 1. The molecular weight excluding hydrogens is 497 g/mol. The van der Waals surface area contributed by atoms with Gasteiger partial charge in [0.05, 0.1) is 11.7 Å². The van der Waals surface area contributed by atoms with Gasteiger partial charge in [-0.15, -0.1) is 0 Å². The van der Waals surface area contributed by atoms with Crippen LogP contribution in [0.2, 0.25) is 0 Å². The molecule has 1 aliphatic carbocycles. The van der Waals surface area contributed by atoms with Crippen LogP contribution in [-0.4, -0.2) is 46.6 Å². The molecule has 10 heteroatoms. The molecule has 0 bridgehead atoms. The predicted molar refractivity (Wildman–Crippen MR) is 139 cm³/mol. The molecule has 4 rings (SSSR count). The average Bonchev–Trinajstić information content (AvgIpc) is 3.16. The van der Waals surface area contributed by atoms with E-state index in [2.05, 4.69) is 15.0 Å². The third-order valence-corrected chi connectivity index (χ3v) is 6.71. The molecule has 0 radical (unpaired) electrons. The van der Waals surface area contributed by atoms with E-state index in [1.165, 1.54) is 25.4 Å². The molecule has 38 heavy (non-hydrogen) atoms. The Kier molecular flexibility index (Phi) is 7.99. The third kappa shape index (κ3) is 6.12. The molecule has 0 aromatic heterocycles. The van der Waals surface area contributed by atoms with Gasteiger partial charge in [-0.05, 0) is 56.4 Å². The lowest BCUT2D eigenvalue weighted by Gasteiger charge is -2.31. The first-order valence-corrected chi connectivity index (χ1v) is 12.3. The number of ether oxygens (including phenoxy) is 1. The zero-order valence-corrected chi connectivity index (χ0v) is 21.4. The lowest BCUT2D eigenvalue weighted by atomic mass is 9.82. The molecule has 1 N–H and O–H groups in total. The van der Waals surface area contributed by atoms with Crippen LogP contribution < -0.4 is 0 Å². The highest BCUT2D eigenvalue weighted by Crippen LogP contribution is 2.33. The van der Waals surface area contributed by atoms with Crippen LogP contribution in [0.1, 0.15) is 48.4 Å². The topological polar surface area (TPSA) is 86.9 Å². The first-order chi connectivity index (χ1) is 18.1. The second-order valence-corrected chi connectivity index (χ2v) is 9.41. The number of nitrogens with zero attached hydrogens (tertiary/aromatic N) is 4. The van der Waals surface area contributed by atoms with Crippen molar-refractivity contribution in [3.05, 3.63) is 82.7 Å². The van der Waals surface area contributed by atoms with Gasteiger partial charge in [-0.25, -0.2) is 14.8 Å². The maximum atomic E-state index is 13.1. The number of aryl methyl sites for hydroxylation is 1. The summed E-state index contributed by atoms with van der Waals surface area (Å²) in [6.45, 7) is 4.06. The Morgan fingerprint density at radius 3 is 2.50 bits per heavy atom. The number of aliphatic carboxylic acids is 1. The molecule has 1 fully saturated rings. The van der Waals surface area contributed by atoms with E-state index in [1.807, 2.05) is 38.1 Å². The minimum Gasteiger partial charge on any atom is -0.496 e. The Morgan fingerprint density at radius 2 is 1.95 bits per heavy atom. The highest BCUT2D eigenvalue weighted by atomic mass is 19.4. The van der Waals surface area contributed by atoms with E-state index in [0.717, 1.165) is 42.5 Å². The van der Waals surface area contributed by atoms with Crippen LogP contribution in [0.15, 0.2) is 75.5 Å². The molecule has 2 aromatic carbocycles. The summed E-state index contributed by atoms with van der Waals surface area (Å²) in [6, 6.07) is 12.5. The summed E-state index contributed by atoms with van der Waals surface area (Å²) < 4.78 is 45.5. The number of amidine groups is 3. The first-order valence-electron chi connectivity index (χ1n) is 12.3. The van der Waals surface area contributed by atoms with Gasteiger partial charge in [0.1, 0.15) is 17.8 Å². The summed E-state index contributed by atoms with van der Waals surface area (Å²) in [5.41, 5.74) is 1.98. The average molecular weight is 527 g/mol. The summed E-state index contributed by atoms with van der Waals surface area (Å²) in [7, 11) is 1.33. The van der Waals surface area contributed by atoms with Gasteiger partial charge in [-0.3, -0.25) is 4.99 Å². The molecule has 7 nitrogen and oxygen atoms in total. The zero-order chi connectivity index (χ0) is 27.4. The van der Waals surface area contributed by atoms with Crippen LogP contribution in [-0.2, 0) is 22.3 Å². The van der Waals surface area contributed by atoms with Gasteiger partial charge in [0.25, 0.3) is 0 Å². The standard InChI is InChI=1S/C28H29F3N4O3/c1-17-6-4-9-21(14-17)26-34-24(33-25(32-3)27(36)37)23(16-38-18(2)20-7-5-8-20)35(26)15-19-10-12-22(13-11-19)28(29,30)31/h4,6,9-14,16,18,20H,5,7-8,15H2,1-3H3,(H,36,37)/b23-16-,32-25-,33-24+. The minimum absolute atomic E-state index is 0.0766. The number of halogens is 3. The van der Waals surface area contributed by atoms with Crippen LogP contribution in [0.5, 0.6) is 0 Å². The van der Waals surface area contributed by atoms with Crippen molar-refractivity contribution >= 4 is 23.5 Å². The number of carbonyl (C=O) groups is 1. The summed E-state index contributed by atoms with van der Waals surface area (Å²) in [5, 5.41) is 9.52. The number of carboxylic acids is 1. The Labute approximate surface area is 219 Å². The Bertz CT molecular complexity index is 1310. The summed E-state index contributed by atoms with van der Waals surface area (Å²) in [6.07, 6.45) is 0.287. The largest absolute Gasteiger partial charge is 0.496 e. The van der Waals surface area contributed by atoms with E-state index < -0.39 is 23.5 Å². The lowest BCUT2D eigenvalue weighted by molar-refractivity contribution is -0.137. The van der Waals surface area contributed by atoms with Gasteiger partial charge in [0.15, 0.2) is 5.84 Å². The van der Waals surface area contributed by atoms with Gasteiger partial charge in [0, 0.05) is 19.2 Å². The van der Waals surface area contributed by atoms with Crippen molar-refractivity contribution in [3.8, 4) is 0 Å². The SMILES string of the molecule is C\N=C(/N=C1/N=C(c2cccc(C)c2)N(Cc2ccc(C(F)(F)F)cc2)/C1=C\OC(C)C1CCC1)C(=O)O. The van der Waals surface area contributed by atoms with Gasteiger partial charge in [-0.1, -0.05) is 42.3 Å². The monoisotopic (exact) mass is 526 g/mol. The van der Waals surface area contributed by atoms with Crippen LogP contribution in [0.3, 0.4) is 0 Å². The van der Waals surface area contributed by atoms with Crippen molar-refractivity contribution < 1.29 is 27.8 Å². The van der Waals surface area contributed by atoms with Gasteiger partial charge < -0.3 is 14.7 Å². The normalized spacial score (nSPS) is 19.5. The lowest BCUT2D eigenvalue weighted by Crippen LogP contribution is -2.29. The van der Waals surface area contributed by atoms with Crippen molar-refractivity contribution in [1.29, 1.82) is 0 Å². The van der Waals surface area contributed by atoms with E-state index >= 15 is 0 Å². The fourth-order valence-electron chi connectivity index (χ4n) is 4.28. The maximum absolute atomic E-state index is 13.1. The molecule has 0 saturated heterocycles. The number of hydrogen-bond acceptors (Lipinski definition) is 4. The van der Waals surface area contributed by atoms with Crippen LogP contribution in [0, 0.1) is 12.8 Å². The van der Waals surface area contributed by atoms with Crippen LogP contribution in [0.4, 0.5) is 13.2 Å². The first kappa shape index (κ1) is 27.1. The van der Waals surface area contributed by atoms with Gasteiger partial charge >= 0.3 is 12.1 Å². The molecule has 0 amide bonds. The summed E-state index contributed by atoms with van der Waals surface area (Å²) >= 11 is 0. The molecule has 1 heterocycles. The van der Waals surface area contributed by atoms with Crippen molar-refractivity contribution in [2.24, 2.45) is 20.9 Å². The number of aliphatic imine (C=N–C) groups is 3. The summed E-state index contributed by atoms with van der Waals surface area (Å²) in [4.78, 5) is 26.1. The van der Waals surface area contributed by atoms with Gasteiger partial charge in [0.2, 0.25) is 5.84 Å². The molecule has 0 spiro atoms. The minimum atomic E-state index is -4.44. The number of benzene rings is 2. The van der Waals surface area contributed by atoms with Crippen molar-refractivity contribution in [1.82, 2.24) is 4.90 Å². The highest BCUT2D eigenvalue weighted by molar-refractivity contribution is 6.38. The van der Waals surface area contributed by atoms with Gasteiger partial charge in [-0.2, -0.15) is 13.2 Å². The van der Waals surface area contributed by atoms with Crippen molar-refractivity contribution in [2.45, 2.75) is 51.9 Å². The van der Waals surface area contributed by atoms with E-state index in [1.54, 1.807) is 4.90 Å². The predicted octanol–water partition coefficient (Wildman–Crippen LogP) is 5.83. The van der Waals surface area contributed by atoms with Crippen molar-refractivity contribution in [3.63, 3.8) is 0 Å². The Balaban J connectivity index is 1.78. The highest BCUT2D eigenvalue weighted by Gasteiger charge is 2.33. The van der Waals surface area contributed by atoms with Crippen LogP contribution >= 0.6 is 0 Å². The number of hydrogen-bond donors (Lipinski definition) is 1. The second-order valence-electron chi connectivity index (χ2n) is 9.41. The van der Waals surface area contributed by atoms with E-state index in [9.17, 15) is 23.1 Å². The van der Waals surface area contributed by atoms with E-state index in [-0.39, 0.29) is 18.5 Å². The molecule has 1 aliphatic heterocycles.